The Bertz CT molecular complexity index is 1280. The number of ether oxygens (including phenoxy) is 1. The van der Waals surface area contributed by atoms with Crippen LogP contribution in [0, 0.1) is 18.8 Å². The molecule has 206 valence electrons. The smallest absolute Gasteiger partial charge is 0.416 e. The predicted molar refractivity (Wildman–Crippen MR) is 125 cm³/mol. The maximum Gasteiger partial charge on any atom is 0.416 e. The summed E-state index contributed by atoms with van der Waals surface area (Å²) in [5, 5.41) is 4.48. The van der Waals surface area contributed by atoms with E-state index in [4.69, 9.17) is 10.5 Å². The Balaban J connectivity index is 1.53. The van der Waals surface area contributed by atoms with Crippen LogP contribution in [0.15, 0.2) is 24.4 Å². The molecule has 1 saturated carbocycles. The third-order valence-corrected chi connectivity index (χ3v) is 7.16. The van der Waals surface area contributed by atoms with Crippen LogP contribution >= 0.6 is 0 Å². The van der Waals surface area contributed by atoms with Crippen molar-refractivity contribution in [3.63, 3.8) is 0 Å². The fraction of sp³-hybridized carbons (Fsp3) is 0.542. The standard InChI is InChI=1S/C24H27F6N7O/c1-12(2)37-22(38-18-7-16(23(25,26)27)6-17(8-18)24(28,29)30)33-20(34-37)36-13(3)9-32-21(36)35-10-14-4-5-15(11-35)19(14)31/h6-9,12,14-15,19H,4-5,10-11,31H2,1-3H3. The Morgan fingerprint density at radius 2 is 1.55 bits per heavy atom. The average Bonchev–Trinajstić information content (AvgIpc) is 3.44. The Hall–Kier alpha value is -3.29. The fourth-order valence-corrected chi connectivity index (χ4v) is 5.21. The van der Waals surface area contributed by atoms with Crippen molar-refractivity contribution in [3.8, 4) is 17.7 Å². The summed E-state index contributed by atoms with van der Waals surface area (Å²) >= 11 is 0. The van der Waals surface area contributed by atoms with Gasteiger partial charge in [-0.05, 0) is 63.6 Å². The molecule has 2 N–H and O–H groups in total. The first-order valence-electron chi connectivity index (χ1n) is 12.2. The zero-order valence-electron chi connectivity index (χ0n) is 20.9. The molecule has 2 atom stereocenters. The number of fused-ring (bicyclic) bond motifs is 2. The lowest BCUT2D eigenvalue weighted by Gasteiger charge is -2.36. The number of aromatic nitrogens is 5. The first-order chi connectivity index (χ1) is 17.7. The number of hydrogen-bond donors (Lipinski definition) is 1. The molecule has 3 heterocycles. The van der Waals surface area contributed by atoms with Crippen LogP contribution in [-0.4, -0.2) is 43.4 Å². The van der Waals surface area contributed by atoms with Crippen LogP contribution in [0.1, 0.15) is 49.6 Å². The van der Waals surface area contributed by atoms with E-state index in [1.807, 2.05) is 0 Å². The molecule has 1 aromatic carbocycles. The Morgan fingerprint density at radius 1 is 0.974 bits per heavy atom. The fourth-order valence-electron chi connectivity index (χ4n) is 5.21. The molecule has 2 aromatic heterocycles. The third-order valence-electron chi connectivity index (χ3n) is 7.16. The Morgan fingerprint density at radius 3 is 2.08 bits per heavy atom. The van der Waals surface area contributed by atoms with Crippen LogP contribution in [0.5, 0.6) is 11.8 Å². The second kappa shape index (κ2) is 9.17. The van der Waals surface area contributed by atoms with Crippen molar-refractivity contribution in [2.45, 2.75) is 58.0 Å². The number of halogens is 6. The number of benzene rings is 1. The molecule has 1 aliphatic heterocycles. The van der Waals surface area contributed by atoms with Gasteiger partial charge in [0.1, 0.15) is 5.75 Å². The number of nitrogens with zero attached hydrogens (tertiary/aromatic N) is 6. The molecule has 2 bridgehead atoms. The minimum Gasteiger partial charge on any atom is -0.424 e. The highest BCUT2D eigenvalue weighted by molar-refractivity contribution is 5.43. The van der Waals surface area contributed by atoms with Gasteiger partial charge in [0.25, 0.3) is 5.95 Å². The van der Waals surface area contributed by atoms with E-state index >= 15 is 0 Å². The molecule has 0 spiro atoms. The quantitative estimate of drug-likeness (QED) is 0.437. The van der Waals surface area contributed by atoms with Gasteiger partial charge in [-0.1, -0.05) is 0 Å². The van der Waals surface area contributed by atoms with Crippen LogP contribution in [0.2, 0.25) is 0 Å². The van der Waals surface area contributed by atoms with Crippen LogP contribution in [-0.2, 0) is 12.4 Å². The van der Waals surface area contributed by atoms with Gasteiger partial charge in [-0.3, -0.25) is 0 Å². The molecule has 1 saturated heterocycles. The minimum absolute atomic E-state index is 0.0459. The number of imidazole rings is 1. The lowest BCUT2D eigenvalue weighted by Crippen LogP contribution is -2.49. The second-order valence-corrected chi connectivity index (χ2v) is 10.2. The molecule has 0 amide bonds. The van der Waals surface area contributed by atoms with Gasteiger partial charge in [0.15, 0.2) is 0 Å². The molecular formula is C24H27F6N7O. The first-order valence-corrected chi connectivity index (χ1v) is 12.2. The highest BCUT2D eigenvalue weighted by Gasteiger charge is 2.41. The summed E-state index contributed by atoms with van der Waals surface area (Å²) in [6.45, 7) is 6.72. The zero-order chi connectivity index (χ0) is 27.6. The lowest BCUT2D eigenvalue weighted by molar-refractivity contribution is -0.143. The minimum atomic E-state index is -5.00. The van der Waals surface area contributed by atoms with Crippen molar-refractivity contribution in [2.75, 3.05) is 18.0 Å². The topological polar surface area (TPSA) is 87.0 Å². The second-order valence-electron chi connectivity index (χ2n) is 10.2. The zero-order valence-corrected chi connectivity index (χ0v) is 20.9. The van der Waals surface area contributed by atoms with E-state index in [2.05, 4.69) is 20.0 Å². The third kappa shape index (κ3) is 4.81. The molecule has 0 radical (unpaired) electrons. The van der Waals surface area contributed by atoms with Crippen molar-refractivity contribution in [1.82, 2.24) is 24.3 Å². The van der Waals surface area contributed by atoms with Crippen LogP contribution in [0.3, 0.4) is 0 Å². The summed E-state index contributed by atoms with van der Waals surface area (Å²) in [6.07, 6.45) is -6.27. The van der Waals surface area contributed by atoms with E-state index in [1.165, 1.54) is 4.68 Å². The van der Waals surface area contributed by atoms with Gasteiger partial charge in [-0.25, -0.2) is 14.2 Å². The van der Waals surface area contributed by atoms with Crippen LogP contribution in [0.25, 0.3) is 5.95 Å². The summed E-state index contributed by atoms with van der Waals surface area (Å²) in [6, 6.07) is 0.592. The average molecular weight is 544 g/mol. The monoisotopic (exact) mass is 543 g/mol. The molecular weight excluding hydrogens is 516 g/mol. The van der Waals surface area contributed by atoms with Crippen LogP contribution < -0.4 is 15.4 Å². The molecule has 2 unspecified atom stereocenters. The van der Waals surface area contributed by atoms with Crippen molar-refractivity contribution in [2.24, 2.45) is 17.6 Å². The molecule has 1 aliphatic carbocycles. The number of alkyl halides is 6. The van der Waals surface area contributed by atoms with E-state index in [1.54, 1.807) is 31.5 Å². The normalized spacial score (nSPS) is 22.0. The van der Waals surface area contributed by atoms with E-state index in [-0.39, 0.29) is 30.1 Å². The van der Waals surface area contributed by atoms with Crippen molar-refractivity contribution < 1.29 is 31.1 Å². The van der Waals surface area contributed by atoms with Gasteiger partial charge in [0.2, 0.25) is 5.95 Å². The van der Waals surface area contributed by atoms with Gasteiger partial charge in [0, 0.05) is 24.8 Å². The van der Waals surface area contributed by atoms with E-state index in [0.717, 1.165) is 12.8 Å². The first kappa shape index (κ1) is 26.3. The molecule has 2 fully saturated rings. The van der Waals surface area contributed by atoms with Gasteiger partial charge < -0.3 is 15.4 Å². The number of aryl methyl sites for hydroxylation is 1. The summed E-state index contributed by atoms with van der Waals surface area (Å²) in [5.74, 6) is 0.754. The largest absolute Gasteiger partial charge is 0.424 e. The lowest BCUT2D eigenvalue weighted by atomic mass is 9.93. The molecule has 3 aromatic rings. The van der Waals surface area contributed by atoms with Crippen LogP contribution in [0.4, 0.5) is 32.3 Å². The Labute approximate surface area is 214 Å². The molecule has 38 heavy (non-hydrogen) atoms. The molecule has 14 heteroatoms. The number of anilines is 1. The summed E-state index contributed by atoms with van der Waals surface area (Å²) in [5.41, 5.74) is 4.08. The SMILES string of the molecule is Cc1cnc(N2CC3CCC(C2)C3N)n1-c1nc(Oc2cc(C(F)(F)F)cc(C(F)(F)F)c2)n(C(C)C)n1. The van der Waals surface area contributed by atoms with E-state index in [9.17, 15) is 26.3 Å². The Kier molecular flexibility index (Phi) is 6.35. The summed E-state index contributed by atoms with van der Waals surface area (Å²) < 4.78 is 88.6. The number of nitrogens with two attached hydrogens (primary N) is 1. The van der Waals surface area contributed by atoms with Gasteiger partial charge in [-0.15, -0.1) is 5.10 Å². The maximum absolute atomic E-state index is 13.3. The number of rotatable bonds is 5. The van der Waals surface area contributed by atoms with Gasteiger partial charge >= 0.3 is 18.4 Å². The van der Waals surface area contributed by atoms with Gasteiger partial charge in [-0.2, -0.15) is 31.3 Å². The van der Waals surface area contributed by atoms with Crippen molar-refractivity contribution in [1.29, 1.82) is 0 Å². The van der Waals surface area contributed by atoms with E-state index in [0.29, 0.717) is 48.7 Å². The highest BCUT2D eigenvalue weighted by atomic mass is 19.4. The number of piperidine rings is 1. The maximum atomic E-state index is 13.3. The van der Waals surface area contributed by atoms with Crippen molar-refractivity contribution >= 4 is 5.95 Å². The molecule has 8 nitrogen and oxygen atoms in total. The summed E-state index contributed by atoms with van der Waals surface area (Å²) in [4.78, 5) is 11.0. The highest BCUT2D eigenvalue weighted by Crippen LogP contribution is 2.40. The molecule has 2 aliphatic rings. The summed E-state index contributed by atoms with van der Waals surface area (Å²) in [7, 11) is 0. The van der Waals surface area contributed by atoms with E-state index < -0.39 is 29.2 Å². The molecule has 5 rings (SSSR count). The number of hydrogen-bond acceptors (Lipinski definition) is 6. The predicted octanol–water partition coefficient (Wildman–Crippen LogP) is 5.36. The van der Waals surface area contributed by atoms with Crippen molar-refractivity contribution in [3.05, 3.63) is 41.2 Å². The van der Waals surface area contributed by atoms with Gasteiger partial charge in [0.05, 0.1) is 23.4 Å².